The van der Waals surface area contributed by atoms with Crippen LogP contribution in [-0.2, 0) is 14.3 Å². The second-order valence-electron chi connectivity index (χ2n) is 6.21. The van der Waals surface area contributed by atoms with Crippen molar-refractivity contribution in [1.29, 1.82) is 0 Å². The Bertz CT molecular complexity index is 477. The van der Waals surface area contributed by atoms with Crippen LogP contribution in [0, 0.1) is 0 Å². The highest BCUT2D eigenvalue weighted by Gasteiger charge is 2.41. The lowest BCUT2D eigenvalue weighted by Crippen LogP contribution is -2.34. The highest BCUT2D eigenvalue weighted by atomic mass is 35.5. The van der Waals surface area contributed by atoms with Crippen molar-refractivity contribution >= 4 is 25.6 Å². The van der Waals surface area contributed by atoms with Crippen molar-refractivity contribution in [2.75, 3.05) is 19.1 Å². The molecule has 0 aromatic rings. The van der Waals surface area contributed by atoms with Gasteiger partial charge in [0.15, 0.2) is 11.9 Å². The Hall–Kier alpha value is -1.02. The van der Waals surface area contributed by atoms with Gasteiger partial charge >= 0.3 is 5.97 Å². The number of carbonyl (C=O) groups excluding carboxylic acids is 1. The molecule has 0 spiro atoms. The fourth-order valence-corrected chi connectivity index (χ4v) is 4.30. The van der Waals surface area contributed by atoms with Crippen molar-refractivity contribution in [3.8, 4) is 0 Å². The van der Waals surface area contributed by atoms with Crippen LogP contribution in [0.4, 0.5) is 0 Å². The third-order valence-corrected chi connectivity index (χ3v) is 7.93. The number of hydrogen-bond acceptors (Lipinski definition) is 6. The van der Waals surface area contributed by atoms with Gasteiger partial charge in [0, 0.05) is 5.88 Å². The number of rotatable bonds is 10. The first-order valence-electron chi connectivity index (χ1n) is 7.54. The van der Waals surface area contributed by atoms with Gasteiger partial charge in [0.2, 0.25) is 5.76 Å². The average Bonchev–Trinajstić information content (AvgIpc) is 2.79. The normalized spacial score (nSPS) is 19.7. The summed E-state index contributed by atoms with van der Waals surface area (Å²) in [6.07, 6.45) is -0.573. The second kappa shape index (κ2) is 8.72. The van der Waals surface area contributed by atoms with Crippen LogP contribution in [0.5, 0.6) is 0 Å². The number of aliphatic hydroxyl groups excluding tert-OH is 3. The number of halogens is 1. The molecule has 2 atom stereocenters. The van der Waals surface area contributed by atoms with Crippen molar-refractivity contribution in [3.05, 3.63) is 23.3 Å². The van der Waals surface area contributed by atoms with Gasteiger partial charge in [0.25, 0.3) is 0 Å². The lowest BCUT2D eigenvalue weighted by molar-refractivity contribution is -0.148. The summed E-state index contributed by atoms with van der Waals surface area (Å²) in [5.41, 5.74) is 0. The van der Waals surface area contributed by atoms with E-state index < -0.39 is 38.6 Å². The summed E-state index contributed by atoms with van der Waals surface area (Å²) in [6.45, 7) is 7.91. The maximum absolute atomic E-state index is 11.4. The number of cyclic esters (lactones) is 1. The second-order valence-corrected chi connectivity index (χ2v) is 11.6. The molecular weight excluding hydrogens is 340 g/mol. The number of esters is 1. The van der Waals surface area contributed by atoms with E-state index in [1.54, 1.807) is 0 Å². The van der Waals surface area contributed by atoms with E-state index in [4.69, 9.17) is 26.2 Å². The van der Waals surface area contributed by atoms with Crippen LogP contribution in [0.25, 0.3) is 0 Å². The van der Waals surface area contributed by atoms with E-state index in [1.807, 2.05) is 0 Å². The number of alkyl halides is 1. The molecule has 6 nitrogen and oxygen atoms in total. The predicted octanol–water partition coefficient (Wildman–Crippen LogP) is 1.87. The highest BCUT2D eigenvalue weighted by Crippen LogP contribution is 2.27. The SMILES string of the molecule is C=C(COC1=C(O)C(=O)O[C@@H]1[C@@H](O)CO)[Si](C)(C)CCCCCl. The van der Waals surface area contributed by atoms with Gasteiger partial charge in [-0.1, -0.05) is 30.8 Å². The molecule has 0 fully saturated rings. The van der Waals surface area contributed by atoms with E-state index in [0.717, 1.165) is 24.1 Å². The van der Waals surface area contributed by atoms with Crippen LogP contribution < -0.4 is 0 Å². The fraction of sp³-hybridized carbons (Fsp3) is 0.667. The highest BCUT2D eigenvalue weighted by molar-refractivity contribution is 6.84. The minimum absolute atomic E-state index is 0.130. The Labute approximate surface area is 142 Å². The summed E-state index contributed by atoms with van der Waals surface area (Å²) in [6, 6.07) is 1.02. The molecule has 132 valence electrons. The quantitative estimate of drug-likeness (QED) is 0.237. The van der Waals surface area contributed by atoms with Crippen LogP contribution in [0.15, 0.2) is 23.3 Å². The van der Waals surface area contributed by atoms with E-state index in [-0.39, 0.29) is 12.4 Å². The Morgan fingerprint density at radius 2 is 2.13 bits per heavy atom. The van der Waals surface area contributed by atoms with E-state index in [2.05, 4.69) is 19.7 Å². The molecule has 1 rings (SSSR count). The summed E-state index contributed by atoms with van der Waals surface area (Å²) in [5, 5.41) is 29.3. The standard InChI is InChI=1S/C15H25ClO6Si/c1-10(23(2,3)7-5-4-6-16)9-21-14-12(19)15(20)22-13(14)11(18)8-17/h11,13,17-19H,1,4-9H2,2-3H3/t11-,13+/m0/s1. The van der Waals surface area contributed by atoms with E-state index >= 15 is 0 Å². The minimum atomic E-state index is -1.73. The van der Waals surface area contributed by atoms with Crippen molar-refractivity contribution in [3.63, 3.8) is 0 Å². The van der Waals surface area contributed by atoms with Gasteiger partial charge in [-0.2, -0.15) is 0 Å². The molecule has 0 amide bonds. The van der Waals surface area contributed by atoms with Crippen molar-refractivity contribution in [2.24, 2.45) is 0 Å². The van der Waals surface area contributed by atoms with Crippen molar-refractivity contribution in [2.45, 2.75) is 44.2 Å². The molecule has 0 unspecified atom stereocenters. The fourth-order valence-electron chi connectivity index (χ4n) is 2.16. The summed E-state index contributed by atoms with van der Waals surface area (Å²) < 4.78 is 10.3. The summed E-state index contributed by atoms with van der Waals surface area (Å²) >= 11 is 5.69. The van der Waals surface area contributed by atoms with Gasteiger partial charge in [-0.05, 0) is 6.42 Å². The molecule has 8 heteroatoms. The first-order valence-corrected chi connectivity index (χ1v) is 11.3. The number of aliphatic hydroxyl groups is 3. The summed E-state index contributed by atoms with van der Waals surface area (Å²) in [7, 11) is -1.73. The molecule has 1 aliphatic rings. The van der Waals surface area contributed by atoms with Gasteiger partial charge in [0.1, 0.15) is 12.7 Å². The zero-order chi connectivity index (χ0) is 17.6. The number of hydrogen-bond donors (Lipinski definition) is 3. The monoisotopic (exact) mass is 364 g/mol. The number of carbonyl (C=O) groups is 1. The molecule has 1 aliphatic heterocycles. The molecule has 0 aliphatic carbocycles. The predicted molar refractivity (Wildman–Crippen MR) is 90.0 cm³/mol. The Morgan fingerprint density at radius 3 is 2.70 bits per heavy atom. The Kier molecular flexibility index (Phi) is 7.59. The smallest absolute Gasteiger partial charge is 0.378 e. The lowest BCUT2D eigenvalue weighted by Gasteiger charge is -2.26. The van der Waals surface area contributed by atoms with Crippen LogP contribution in [0.3, 0.4) is 0 Å². The molecule has 0 bridgehead atoms. The van der Waals surface area contributed by atoms with Crippen molar-refractivity contribution < 1.29 is 29.6 Å². The molecule has 23 heavy (non-hydrogen) atoms. The van der Waals surface area contributed by atoms with Crippen LogP contribution in [-0.4, -0.2) is 60.7 Å². The minimum Gasteiger partial charge on any atom is -0.499 e. The third-order valence-electron chi connectivity index (χ3n) is 4.00. The van der Waals surface area contributed by atoms with E-state index in [9.17, 15) is 15.0 Å². The molecule has 1 heterocycles. The summed E-state index contributed by atoms with van der Waals surface area (Å²) in [4.78, 5) is 11.4. The topological polar surface area (TPSA) is 96.2 Å². The maximum atomic E-state index is 11.4. The first kappa shape index (κ1) is 20.0. The van der Waals surface area contributed by atoms with Gasteiger partial charge in [-0.15, -0.1) is 18.2 Å². The Balaban J connectivity index is 2.67. The zero-order valence-electron chi connectivity index (χ0n) is 13.5. The molecule has 0 aromatic heterocycles. The van der Waals surface area contributed by atoms with Crippen LogP contribution in [0.2, 0.25) is 19.1 Å². The molecule has 0 aromatic carbocycles. The molecule has 0 saturated heterocycles. The van der Waals surface area contributed by atoms with E-state index in [1.165, 1.54) is 0 Å². The third kappa shape index (κ3) is 5.24. The van der Waals surface area contributed by atoms with Gasteiger partial charge in [-0.3, -0.25) is 0 Å². The first-order chi connectivity index (χ1) is 10.7. The largest absolute Gasteiger partial charge is 0.499 e. The molecular formula is C15H25ClO6Si. The Morgan fingerprint density at radius 1 is 1.48 bits per heavy atom. The molecule has 0 radical (unpaired) electrons. The average molecular weight is 365 g/mol. The van der Waals surface area contributed by atoms with Gasteiger partial charge in [0.05, 0.1) is 14.7 Å². The molecule has 0 saturated carbocycles. The van der Waals surface area contributed by atoms with Crippen LogP contribution in [0.1, 0.15) is 12.8 Å². The number of ether oxygens (including phenoxy) is 2. The van der Waals surface area contributed by atoms with Gasteiger partial charge < -0.3 is 24.8 Å². The number of unbranched alkanes of at least 4 members (excludes halogenated alkanes) is 1. The molecule has 3 N–H and O–H groups in total. The zero-order valence-corrected chi connectivity index (χ0v) is 15.3. The summed E-state index contributed by atoms with van der Waals surface area (Å²) in [5.74, 6) is -1.16. The van der Waals surface area contributed by atoms with Gasteiger partial charge in [-0.25, -0.2) is 4.79 Å². The lowest BCUT2D eigenvalue weighted by atomic mass is 10.2. The maximum Gasteiger partial charge on any atom is 0.378 e. The van der Waals surface area contributed by atoms with Crippen molar-refractivity contribution in [1.82, 2.24) is 0 Å². The van der Waals surface area contributed by atoms with E-state index in [0.29, 0.717) is 5.88 Å². The van der Waals surface area contributed by atoms with Crippen LogP contribution >= 0.6 is 11.6 Å².